The van der Waals surface area contributed by atoms with Gasteiger partial charge in [0.1, 0.15) is 0 Å². The van der Waals surface area contributed by atoms with Gasteiger partial charge in [-0.15, -0.1) is 0 Å². The quantitative estimate of drug-likeness (QED) is 0.892. The third-order valence-corrected chi connectivity index (χ3v) is 4.49. The number of hydrogen-bond donors (Lipinski definition) is 2. The molecule has 3 N–H and O–H groups in total. The Labute approximate surface area is 137 Å². The van der Waals surface area contributed by atoms with E-state index in [2.05, 4.69) is 34.5 Å². The predicted octanol–water partition coefficient (Wildman–Crippen LogP) is 2.50. The summed E-state index contributed by atoms with van der Waals surface area (Å²) in [5.74, 6) is 0.465. The fourth-order valence-electron chi connectivity index (χ4n) is 3.31. The van der Waals surface area contributed by atoms with Crippen LogP contribution in [0.15, 0.2) is 48.5 Å². The number of para-hydroxylation sites is 1. The van der Waals surface area contributed by atoms with E-state index in [1.54, 1.807) is 7.05 Å². The lowest BCUT2D eigenvalue weighted by Crippen LogP contribution is -2.22. The van der Waals surface area contributed by atoms with Crippen molar-refractivity contribution in [2.24, 2.45) is 5.73 Å². The van der Waals surface area contributed by atoms with Crippen LogP contribution >= 0.6 is 0 Å². The normalized spacial score (nSPS) is 16.3. The molecule has 0 saturated heterocycles. The number of hydrogen-bond acceptors (Lipinski definition) is 3. The zero-order valence-corrected chi connectivity index (χ0v) is 13.5. The standard InChI is InChI=1S/C19H23N3O/c1-21-19(23)15-8-6-14(7-9-15)12-22-13-16(10-11-20)17-4-2-3-5-18(17)22/h2-9,16H,10-13,20H2,1H3,(H,21,23). The van der Waals surface area contributed by atoms with E-state index in [9.17, 15) is 4.79 Å². The number of benzene rings is 2. The number of carbonyl (C=O) groups is 1. The van der Waals surface area contributed by atoms with E-state index in [1.807, 2.05) is 24.3 Å². The van der Waals surface area contributed by atoms with E-state index in [0.29, 0.717) is 18.0 Å². The molecular weight excluding hydrogens is 286 g/mol. The van der Waals surface area contributed by atoms with Crippen molar-refractivity contribution in [3.8, 4) is 0 Å². The molecule has 1 aliphatic heterocycles. The molecule has 4 nitrogen and oxygen atoms in total. The van der Waals surface area contributed by atoms with Crippen LogP contribution in [0.25, 0.3) is 0 Å². The Morgan fingerprint density at radius 1 is 1.22 bits per heavy atom. The van der Waals surface area contributed by atoms with Crippen LogP contribution in [0.4, 0.5) is 5.69 Å². The van der Waals surface area contributed by atoms with Gasteiger partial charge in [0.05, 0.1) is 0 Å². The average molecular weight is 309 g/mol. The van der Waals surface area contributed by atoms with E-state index in [-0.39, 0.29) is 5.91 Å². The summed E-state index contributed by atoms with van der Waals surface area (Å²) in [7, 11) is 1.65. The van der Waals surface area contributed by atoms with Crippen molar-refractivity contribution >= 4 is 11.6 Å². The Morgan fingerprint density at radius 3 is 2.65 bits per heavy atom. The second-order valence-electron chi connectivity index (χ2n) is 5.99. The van der Waals surface area contributed by atoms with Crippen LogP contribution in [0.3, 0.4) is 0 Å². The number of fused-ring (bicyclic) bond motifs is 1. The van der Waals surface area contributed by atoms with Crippen LogP contribution in [0.5, 0.6) is 0 Å². The van der Waals surface area contributed by atoms with Gasteiger partial charge in [0.2, 0.25) is 0 Å². The predicted molar refractivity (Wildman–Crippen MR) is 93.7 cm³/mol. The smallest absolute Gasteiger partial charge is 0.251 e. The lowest BCUT2D eigenvalue weighted by Gasteiger charge is -2.20. The van der Waals surface area contributed by atoms with Crippen molar-refractivity contribution in [1.82, 2.24) is 5.32 Å². The van der Waals surface area contributed by atoms with Gasteiger partial charge >= 0.3 is 0 Å². The zero-order chi connectivity index (χ0) is 16.2. The van der Waals surface area contributed by atoms with E-state index in [0.717, 1.165) is 19.5 Å². The van der Waals surface area contributed by atoms with E-state index in [4.69, 9.17) is 5.73 Å². The summed E-state index contributed by atoms with van der Waals surface area (Å²) in [4.78, 5) is 14.0. The summed E-state index contributed by atoms with van der Waals surface area (Å²) in [5.41, 5.74) is 10.4. The molecule has 0 aromatic heterocycles. The van der Waals surface area contributed by atoms with Crippen LogP contribution in [0.2, 0.25) is 0 Å². The molecule has 0 fully saturated rings. The molecule has 0 bridgehead atoms. The summed E-state index contributed by atoms with van der Waals surface area (Å²) in [6, 6.07) is 16.4. The van der Waals surface area contributed by atoms with Crippen molar-refractivity contribution in [3.05, 3.63) is 65.2 Å². The van der Waals surface area contributed by atoms with Crippen molar-refractivity contribution in [3.63, 3.8) is 0 Å². The molecule has 0 radical (unpaired) electrons. The molecule has 120 valence electrons. The lowest BCUT2D eigenvalue weighted by molar-refractivity contribution is 0.0963. The highest BCUT2D eigenvalue weighted by atomic mass is 16.1. The fourth-order valence-corrected chi connectivity index (χ4v) is 3.31. The van der Waals surface area contributed by atoms with Crippen molar-refractivity contribution in [2.45, 2.75) is 18.9 Å². The maximum Gasteiger partial charge on any atom is 0.251 e. The van der Waals surface area contributed by atoms with Crippen LogP contribution in [0, 0.1) is 0 Å². The molecule has 1 atom stereocenters. The second-order valence-corrected chi connectivity index (χ2v) is 5.99. The number of amides is 1. The summed E-state index contributed by atoms with van der Waals surface area (Å²) in [6.07, 6.45) is 1.02. The first-order valence-corrected chi connectivity index (χ1v) is 8.08. The topological polar surface area (TPSA) is 58.4 Å². The largest absolute Gasteiger partial charge is 0.366 e. The Hall–Kier alpha value is -2.33. The number of nitrogens with one attached hydrogen (secondary N) is 1. The molecule has 4 heteroatoms. The first-order valence-electron chi connectivity index (χ1n) is 8.08. The molecule has 1 unspecified atom stereocenters. The van der Waals surface area contributed by atoms with E-state index in [1.165, 1.54) is 16.8 Å². The summed E-state index contributed by atoms with van der Waals surface area (Å²) >= 11 is 0. The van der Waals surface area contributed by atoms with Gasteiger partial charge < -0.3 is 16.0 Å². The van der Waals surface area contributed by atoms with Crippen LogP contribution < -0.4 is 16.0 Å². The molecule has 0 saturated carbocycles. The summed E-state index contributed by atoms with van der Waals surface area (Å²) < 4.78 is 0. The third-order valence-electron chi connectivity index (χ3n) is 4.49. The summed E-state index contributed by atoms with van der Waals surface area (Å²) in [6.45, 7) is 2.58. The fraction of sp³-hybridized carbons (Fsp3) is 0.316. The Bertz CT molecular complexity index is 681. The zero-order valence-electron chi connectivity index (χ0n) is 13.5. The van der Waals surface area contributed by atoms with Gasteiger partial charge in [-0.05, 0) is 42.3 Å². The molecule has 3 rings (SSSR count). The minimum Gasteiger partial charge on any atom is -0.366 e. The first kappa shape index (κ1) is 15.6. The van der Waals surface area contributed by atoms with Gasteiger partial charge in [-0.3, -0.25) is 4.79 Å². The van der Waals surface area contributed by atoms with Crippen LogP contribution in [-0.4, -0.2) is 26.0 Å². The maximum atomic E-state index is 11.6. The number of nitrogens with zero attached hydrogens (tertiary/aromatic N) is 1. The molecule has 1 heterocycles. The molecule has 0 aliphatic carbocycles. The second kappa shape index (κ2) is 6.84. The highest BCUT2D eigenvalue weighted by Gasteiger charge is 2.27. The average Bonchev–Trinajstić information content (AvgIpc) is 2.93. The molecule has 23 heavy (non-hydrogen) atoms. The molecule has 1 amide bonds. The van der Waals surface area contributed by atoms with Crippen LogP contribution in [0.1, 0.15) is 33.8 Å². The van der Waals surface area contributed by atoms with Crippen molar-refractivity contribution in [2.75, 3.05) is 25.0 Å². The Kier molecular flexibility index (Phi) is 4.63. The van der Waals surface area contributed by atoms with Gasteiger partial charge in [0.25, 0.3) is 5.91 Å². The van der Waals surface area contributed by atoms with Gasteiger partial charge in [-0.25, -0.2) is 0 Å². The molecule has 1 aliphatic rings. The highest BCUT2D eigenvalue weighted by molar-refractivity contribution is 5.93. The first-order chi connectivity index (χ1) is 11.2. The highest BCUT2D eigenvalue weighted by Crippen LogP contribution is 2.38. The molecule has 0 spiro atoms. The molecule has 2 aromatic carbocycles. The monoisotopic (exact) mass is 309 g/mol. The number of rotatable bonds is 5. The van der Waals surface area contributed by atoms with Gasteiger partial charge in [-0.1, -0.05) is 30.3 Å². The number of carbonyl (C=O) groups excluding carboxylic acids is 1. The minimum atomic E-state index is -0.0499. The Balaban J connectivity index is 1.77. The van der Waals surface area contributed by atoms with Gasteiger partial charge in [-0.2, -0.15) is 0 Å². The number of nitrogens with two attached hydrogens (primary N) is 1. The summed E-state index contributed by atoms with van der Waals surface area (Å²) in [5, 5.41) is 2.65. The molecule has 2 aromatic rings. The minimum absolute atomic E-state index is 0.0499. The lowest BCUT2D eigenvalue weighted by atomic mass is 9.98. The van der Waals surface area contributed by atoms with Crippen molar-refractivity contribution in [1.29, 1.82) is 0 Å². The SMILES string of the molecule is CNC(=O)c1ccc(CN2CC(CCN)c3ccccc32)cc1. The van der Waals surface area contributed by atoms with E-state index < -0.39 is 0 Å². The molecular formula is C19H23N3O. The van der Waals surface area contributed by atoms with Gasteiger partial charge in [0, 0.05) is 37.3 Å². The maximum absolute atomic E-state index is 11.6. The number of anilines is 1. The third kappa shape index (κ3) is 3.22. The van der Waals surface area contributed by atoms with Crippen molar-refractivity contribution < 1.29 is 4.79 Å². The van der Waals surface area contributed by atoms with Crippen LogP contribution in [-0.2, 0) is 6.54 Å². The van der Waals surface area contributed by atoms with E-state index >= 15 is 0 Å². The Morgan fingerprint density at radius 2 is 1.96 bits per heavy atom. The van der Waals surface area contributed by atoms with Gasteiger partial charge in [0.15, 0.2) is 0 Å².